The lowest BCUT2D eigenvalue weighted by atomic mass is 10.1. The van der Waals surface area contributed by atoms with Crippen molar-refractivity contribution in [2.75, 3.05) is 6.61 Å². The van der Waals surface area contributed by atoms with E-state index in [4.69, 9.17) is 9.15 Å². The third-order valence-corrected chi connectivity index (χ3v) is 3.59. The summed E-state index contributed by atoms with van der Waals surface area (Å²) in [5.41, 5.74) is 1.22. The third-order valence-electron chi connectivity index (χ3n) is 3.59. The lowest BCUT2D eigenvalue weighted by molar-refractivity contribution is 0.142. The van der Waals surface area contributed by atoms with Gasteiger partial charge in [-0.05, 0) is 18.4 Å². The average molecular weight is 331 g/mol. The number of carbonyl (C=O) groups excluding carboxylic acids is 1. The van der Waals surface area contributed by atoms with Crippen molar-refractivity contribution in [1.29, 1.82) is 0 Å². The molecule has 0 aliphatic carbocycles. The molecule has 0 aliphatic heterocycles. The van der Waals surface area contributed by atoms with Gasteiger partial charge in [-0.15, -0.1) is 10.2 Å². The average Bonchev–Trinajstić information content (AvgIpc) is 3.07. The molecule has 1 N–H and O–H groups in total. The number of aryl methyl sites for hydroxylation is 2. The van der Waals surface area contributed by atoms with Crippen LogP contribution in [0.15, 0.2) is 34.7 Å². The Bertz CT molecular complexity index is 599. The van der Waals surface area contributed by atoms with Crippen molar-refractivity contribution in [2.45, 2.75) is 52.0 Å². The van der Waals surface area contributed by atoms with Crippen LogP contribution in [-0.2, 0) is 24.1 Å². The molecule has 0 spiro atoms. The largest absolute Gasteiger partial charge is 0.450 e. The second kappa shape index (κ2) is 10.4. The minimum atomic E-state index is -0.449. The van der Waals surface area contributed by atoms with Gasteiger partial charge in [-0.1, -0.05) is 56.5 Å². The van der Waals surface area contributed by atoms with Crippen molar-refractivity contribution in [1.82, 2.24) is 15.5 Å². The molecule has 2 aromatic rings. The van der Waals surface area contributed by atoms with Crippen LogP contribution >= 0.6 is 0 Å². The number of alkyl carbamates (subject to hydrolysis) is 1. The molecule has 0 fully saturated rings. The van der Waals surface area contributed by atoms with E-state index >= 15 is 0 Å². The van der Waals surface area contributed by atoms with Gasteiger partial charge in [0.15, 0.2) is 0 Å². The van der Waals surface area contributed by atoms with Crippen molar-refractivity contribution in [3.63, 3.8) is 0 Å². The van der Waals surface area contributed by atoms with Crippen molar-refractivity contribution in [3.8, 4) is 0 Å². The van der Waals surface area contributed by atoms with E-state index in [1.807, 2.05) is 18.2 Å². The Kier molecular flexibility index (Phi) is 7.80. The summed E-state index contributed by atoms with van der Waals surface area (Å²) < 4.78 is 10.6. The van der Waals surface area contributed by atoms with E-state index in [1.54, 1.807) is 0 Å². The van der Waals surface area contributed by atoms with Gasteiger partial charge in [0.25, 0.3) is 0 Å². The number of unbranched alkanes of at least 4 members (excludes halogenated alkanes) is 3. The van der Waals surface area contributed by atoms with Crippen LogP contribution in [0.1, 0.15) is 50.0 Å². The molecule has 2 rings (SSSR count). The maximum Gasteiger partial charge on any atom is 0.407 e. The number of rotatable bonds is 10. The molecule has 0 radical (unpaired) electrons. The van der Waals surface area contributed by atoms with Gasteiger partial charge in [-0.3, -0.25) is 0 Å². The van der Waals surface area contributed by atoms with E-state index in [9.17, 15) is 4.79 Å². The molecule has 0 bridgehead atoms. The molecule has 1 aromatic carbocycles. The first-order chi connectivity index (χ1) is 11.8. The van der Waals surface area contributed by atoms with Gasteiger partial charge in [0.1, 0.15) is 0 Å². The molecule has 130 valence electrons. The first-order valence-electron chi connectivity index (χ1n) is 8.53. The minimum absolute atomic E-state index is 0.187. The van der Waals surface area contributed by atoms with E-state index < -0.39 is 6.09 Å². The minimum Gasteiger partial charge on any atom is -0.450 e. The molecule has 6 heteroatoms. The van der Waals surface area contributed by atoms with Crippen LogP contribution in [-0.4, -0.2) is 22.9 Å². The molecule has 1 heterocycles. The quantitative estimate of drug-likeness (QED) is 0.672. The van der Waals surface area contributed by atoms with Crippen molar-refractivity contribution in [2.24, 2.45) is 0 Å². The Morgan fingerprint density at radius 1 is 1.08 bits per heavy atom. The maximum absolute atomic E-state index is 11.5. The van der Waals surface area contributed by atoms with Gasteiger partial charge >= 0.3 is 6.09 Å². The number of carbonyl (C=O) groups is 1. The summed E-state index contributed by atoms with van der Waals surface area (Å²) in [6.07, 6.45) is 5.38. The molecule has 0 unspecified atom stereocenters. The number of ether oxygens (including phenoxy) is 1. The van der Waals surface area contributed by atoms with E-state index in [-0.39, 0.29) is 6.54 Å². The van der Waals surface area contributed by atoms with E-state index in [2.05, 4.69) is 34.6 Å². The summed E-state index contributed by atoms with van der Waals surface area (Å²) in [4.78, 5) is 11.5. The Balaban J connectivity index is 1.63. The zero-order valence-corrected chi connectivity index (χ0v) is 14.2. The highest BCUT2D eigenvalue weighted by molar-refractivity contribution is 5.66. The van der Waals surface area contributed by atoms with Crippen LogP contribution in [0.5, 0.6) is 0 Å². The van der Waals surface area contributed by atoms with Gasteiger partial charge < -0.3 is 14.5 Å². The van der Waals surface area contributed by atoms with Crippen LogP contribution in [0, 0.1) is 0 Å². The Morgan fingerprint density at radius 3 is 2.67 bits per heavy atom. The number of hydrogen-bond acceptors (Lipinski definition) is 5. The van der Waals surface area contributed by atoms with Crippen LogP contribution in [0.3, 0.4) is 0 Å². The highest BCUT2D eigenvalue weighted by atomic mass is 16.5. The van der Waals surface area contributed by atoms with Gasteiger partial charge in [0.2, 0.25) is 11.8 Å². The first-order valence-corrected chi connectivity index (χ1v) is 8.53. The van der Waals surface area contributed by atoms with Gasteiger partial charge in [0.05, 0.1) is 13.2 Å². The first kappa shape index (κ1) is 18.0. The summed E-state index contributed by atoms with van der Waals surface area (Å²) in [7, 11) is 0. The molecule has 0 aliphatic rings. The summed E-state index contributed by atoms with van der Waals surface area (Å²) in [5.74, 6) is 0.963. The summed E-state index contributed by atoms with van der Waals surface area (Å²) in [6, 6.07) is 10.1. The van der Waals surface area contributed by atoms with E-state index in [0.29, 0.717) is 24.8 Å². The molecule has 1 aromatic heterocycles. The standard InChI is InChI=1S/C18H25N3O3/c1-2-3-4-8-13-23-18(22)19-14-17-21-20-16(24-17)12-11-15-9-6-5-7-10-15/h5-7,9-10H,2-4,8,11-14H2,1H3,(H,19,22). The fourth-order valence-corrected chi connectivity index (χ4v) is 2.25. The topological polar surface area (TPSA) is 77.2 Å². The van der Waals surface area contributed by atoms with Crippen molar-refractivity contribution < 1.29 is 13.9 Å². The molecule has 0 saturated carbocycles. The predicted octanol–water partition coefficient (Wildman–Crippen LogP) is 3.66. The smallest absolute Gasteiger partial charge is 0.407 e. The number of aromatic nitrogens is 2. The second-order valence-corrected chi connectivity index (χ2v) is 5.63. The number of nitrogens with one attached hydrogen (secondary N) is 1. The zero-order chi connectivity index (χ0) is 17.0. The van der Waals surface area contributed by atoms with Crippen molar-refractivity contribution >= 4 is 6.09 Å². The Hall–Kier alpha value is -2.37. The highest BCUT2D eigenvalue weighted by Gasteiger charge is 2.08. The fraction of sp³-hybridized carbons (Fsp3) is 0.500. The molecular formula is C18H25N3O3. The monoisotopic (exact) mass is 331 g/mol. The highest BCUT2D eigenvalue weighted by Crippen LogP contribution is 2.06. The molecular weight excluding hydrogens is 306 g/mol. The number of benzene rings is 1. The number of hydrogen-bond donors (Lipinski definition) is 1. The Labute approximate surface area is 142 Å². The Morgan fingerprint density at radius 2 is 1.88 bits per heavy atom. The third kappa shape index (κ3) is 6.81. The predicted molar refractivity (Wildman–Crippen MR) is 90.5 cm³/mol. The van der Waals surface area contributed by atoms with Crippen LogP contribution < -0.4 is 5.32 Å². The lowest BCUT2D eigenvalue weighted by Gasteiger charge is -2.04. The van der Waals surface area contributed by atoms with Crippen LogP contribution in [0.2, 0.25) is 0 Å². The second-order valence-electron chi connectivity index (χ2n) is 5.63. The summed E-state index contributed by atoms with van der Waals surface area (Å²) in [5, 5.41) is 10.6. The normalized spacial score (nSPS) is 10.5. The molecule has 0 saturated heterocycles. The molecule has 0 atom stereocenters. The number of amides is 1. The zero-order valence-electron chi connectivity index (χ0n) is 14.2. The van der Waals surface area contributed by atoms with Gasteiger partial charge in [-0.25, -0.2) is 4.79 Å². The maximum atomic E-state index is 11.5. The van der Waals surface area contributed by atoms with E-state index in [0.717, 1.165) is 25.7 Å². The SMILES string of the molecule is CCCCCCOC(=O)NCc1nnc(CCc2ccccc2)o1. The summed E-state index contributed by atoms with van der Waals surface area (Å²) in [6.45, 7) is 2.77. The van der Waals surface area contributed by atoms with Gasteiger partial charge in [-0.2, -0.15) is 0 Å². The lowest BCUT2D eigenvalue weighted by Crippen LogP contribution is -2.24. The molecule has 1 amide bonds. The van der Waals surface area contributed by atoms with Crippen LogP contribution in [0.4, 0.5) is 4.79 Å². The van der Waals surface area contributed by atoms with Crippen LogP contribution in [0.25, 0.3) is 0 Å². The fourth-order valence-electron chi connectivity index (χ4n) is 2.25. The van der Waals surface area contributed by atoms with Gasteiger partial charge in [0, 0.05) is 6.42 Å². The van der Waals surface area contributed by atoms with E-state index in [1.165, 1.54) is 12.0 Å². The molecule has 6 nitrogen and oxygen atoms in total. The number of nitrogens with zero attached hydrogens (tertiary/aromatic N) is 2. The molecule has 24 heavy (non-hydrogen) atoms. The summed E-state index contributed by atoms with van der Waals surface area (Å²) >= 11 is 0. The van der Waals surface area contributed by atoms with Crippen molar-refractivity contribution in [3.05, 3.63) is 47.7 Å².